The van der Waals surface area contributed by atoms with Gasteiger partial charge in [-0.1, -0.05) is 6.07 Å². The molecule has 1 aliphatic rings. The number of nitrogens with zero attached hydrogens (tertiary/aromatic N) is 2. The molecule has 5 nitrogen and oxygen atoms in total. The Morgan fingerprint density at radius 2 is 2.35 bits per heavy atom. The molecule has 20 heavy (non-hydrogen) atoms. The Balaban J connectivity index is 1.83. The third-order valence-electron chi connectivity index (χ3n) is 3.49. The first-order valence-corrected chi connectivity index (χ1v) is 7.70. The van der Waals surface area contributed by atoms with Crippen LogP contribution in [-0.4, -0.2) is 55.3 Å². The average molecular weight is 295 g/mol. The molecule has 0 radical (unpaired) electrons. The molecule has 2 amide bonds. The van der Waals surface area contributed by atoms with E-state index in [1.54, 1.807) is 16.2 Å². The molecule has 0 spiro atoms. The minimum atomic E-state index is -0.0799. The van der Waals surface area contributed by atoms with Crippen LogP contribution in [0, 0.1) is 0 Å². The van der Waals surface area contributed by atoms with E-state index in [0.717, 1.165) is 6.42 Å². The van der Waals surface area contributed by atoms with Gasteiger partial charge in [-0.3, -0.25) is 9.59 Å². The Hall–Kier alpha value is -1.40. The van der Waals surface area contributed by atoms with Gasteiger partial charge >= 0.3 is 0 Å². The van der Waals surface area contributed by atoms with Gasteiger partial charge in [0.1, 0.15) is 0 Å². The van der Waals surface area contributed by atoms with Crippen molar-refractivity contribution >= 4 is 23.2 Å². The number of carbonyl (C=O) groups is 2. The first-order valence-electron chi connectivity index (χ1n) is 6.82. The molecule has 110 valence electrons. The van der Waals surface area contributed by atoms with Gasteiger partial charge in [0.05, 0.1) is 12.6 Å². The number of amides is 2. The van der Waals surface area contributed by atoms with Crippen molar-refractivity contribution in [3.8, 4) is 0 Å². The standard InChI is InChI=1S/C14H21N3O2S/c1-16(2)11(12-5-4-8-20-12)9-15-13(18)10-17-7-3-6-14(17)19/h4-5,8,11H,3,6-7,9-10H2,1-2H3,(H,15,18). The Morgan fingerprint density at radius 3 is 2.90 bits per heavy atom. The second kappa shape index (κ2) is 6.85. The fourth-order valence-corrected chi connectivity index (χ4v) is 3.25. The largest absolute Gasteiger partial charge is 0.353 e. The maximum absolute atomic E-state index is 11.9. The minimum Gasteiger partial charge on any atom is -0.353 e. The molecular formula is C14H21N3O2S. The number of rotatable bonds is 6. The van der Waals surface area contributed by atoms with Crippen LogP contribution in [0.3, 0.4) is 0 Å². The molecule has 1 unspecified atom stereocenters. The fraction of sp³-hybridized carbons (Fsp3) is 0.571. The molecule has 0 aliphatic carbocycles. The zero-order valence-corrected chi connectivity index (χ0v) is 12.8. The number of likely N-dealkylation sites (tertiary alicyclic amines) is 1. The number of thiophene rings is 1. The topological polar surface area (TPSA) is 52.7 Å². The molecule has 0 aromatic carbocycles. The Morgan fingerprint density at radius 1 is 1.55 bits per heavy atom. The van der Waals surface area contributed by atoms with Gasteiger partial charge in [-0.25, -0.2) is 0 Å². The van der Waals surface area contributed by atoms with Gasteiger partial charge in [0.2, 0.25) is 11.8 Å². The van der Waals surface area contributed by atoms with Crippen LogP contribution in [0.1, 0.15) is 23.8 Å². The molecule has 1 aromatic rings. The molecule has 1 N–H and O–H groups in total. The normalized spacial score (nSPS) is 16.8. The van der Waals surface area contributed by atoms with Crippen molar-refractivity contribution in [3.63, 3.8) is 0 Å². The number of likely N-dealkylation sites (N-methyl/N-ethyl adjacent to an activating group) is 1. The Bertz CT molecular complexity index is 459. The van der Waals surface area contributed by atoms with E-state index in [2.05, 4.69) is 16.3 Å². The van der Waals surface area contributed by atoms with E-state index in [9.17, 15) is 9.59 Å². The molecule has 1 saturated heterocycles. The highest BCUT2D eigenvalue weighted by atomic mass is 32.1. The van der Waals surface area contributed by atoms with Crippen LogP contribution in [0.2, 0.25) is 0 Å². The Labute approximate surface area is 123 Å². The summed E-state index contributed by atoms with van der Waals surface area (Å²) in [5, 5.41) is 4.97. The fourth-order valence-electron chi connectivity index (χ4n) is 2.33. The summed E-state index contributed by atoms with van der Waals surface area (Å²) in [4.78, 5) is 28.4. The highest BCUT2D eigenvalue weighted by Crippen LogP contribution is 2.22. The maximum Gasteiger partial charge on any atom is 0.239 e. The predicted octanol–water partition coefficient (Wildman–Crippen LogP) is 1.09. The lowest BCUT2D eigenvalue weighted by Gasteiger charge is -2.24. The van der Waals surface area contributed by atoms with Crippen LogP contribution < -0.4 is 5.32 Å². The lowest BCUT2D eigenvalue weighted by Crippen LogP contribution is -2.41. The summed E-state index contributed by atoms with van der Waals surface area (Å²) in [7, 11) is 4.00. The van der Waals surface area contributed by atoms with Crippen LogP contribution in [0.4, 0.5) is 0 Å². The van der Waals surface area contributed by atoms with Crippen molar-refractivity contribution in [1.82, 2.24) is 15.1 Å². The van der Waals surface area contributed by atoms with Gasteiger partial charge in [-0.2, -0.15) is 0 Å². The molecule has 1 atom stereocenters. The second-order valence-electron chi connectivity index (χ2n) is 5.22. The first-order chi connectivity index (χ1) is 9.58. The van der Waals surface area contributed by atoms with Gasteiger partial charge in [-0.15, -0.1) is 11.3 Å². The van der Waals surface area contributed by atoms with Crippen molar-refractivity contribution in [2.75, 3.05) is 33.7 Å². The van der Waals surface area contributed by atoms with E-state index in [0.29, 0.717) is 19.5 Å². The van der Waals surface area contributed by atoms with Crippen molar-refractivity contribution in [3.05, 3.63) is 22.4 Å². The van der Waals surface area contributed by atoms with E-state index in [-0.39, 0.29) is 24.4 Å². The number of hydrogen-bond acceptors (Lipinski definition) is 4. The van der Waals surface area contributed by atoms with Crippen LogP contribution in [-0.2, 0) is 9.59 Å². The molecule has 1 fully saturated rings. The summed E-state index contributed by atoms with van der Waals surface area (Å²) < 4.78 is 0. The quantitative estimate of drug-likeness (QED) is 0.855. The summed E-state index contributed by atoms with van der Waals surface area (Å²) in [5.41, 5.74) is 0. The minimum absolute atomic E-state index is 0.0799. The number of hydrogen-bond donors (Lipinski definition) is 1. The lowest BCUT2D eigenvalue weighted by molar-refractivity contribution is -0.133. The Kier molecular flexibility index (Phi) is 5.14. The van der Waals surface area contributed by atoms with Gasteiger partial charge in [0, 0.05) is 24.4 Å². The molecule has 2 heterocycles. The summed E-state index contributed by atoms with van der Waals surface area (Å²) in [6, 6.07) is 4.26. The predicted molar refractivity (Wildman–Crippen MR) is 79.6 cm³/mol. The van der Waals surface area contributed by atoms with Gasteiger partial charge < -0.3 is 15.1 Å². The number of nitrogens with one attached hydrogen (secondary N) is 1. The molecule has 6 heteroatoms. The third kappa shape index (κ3) is 3.80. The highest BCUT2D eigenvalue weighted by molar-refractivity contribution is 7.10. The summed E-state index contributed by atoms with van der Waals surface area (Å²) in [5.74, 6) is 0.00576. The molecular weight excluding hydrogens is 274 g/mol. The smallest absolute Gasteiger partial charge is 0.239 e. The number of carbonyl (C=O) groups excluding carboxylic acids is 2. The van der Waals surface area contributed by atoms with E-state index < -0.39 is 0 Å². The molecule has 1 aliphatic heterocycles. The van der Waals surface area contributed by atoms with Crippen molar-refractivity contribution in [2.24, 2.45) is 0 Å². The van der Waals surface area contributed by atoms with Crippen LogP contribution in [0.25, 0.3) is 0 Å². The average Bonchev–Trinajstić information content (AvgIpc) is 3.02. The van der Waals surface area contributed by atoms with E-state index in [4.69, 9.17) is 0 Å². The van der Waals surface area contributed by atoms with Crippen molar-refractivity contribution in [1.29, 1.82) is 0 Å². The summed E-state index contributed by atoms with van der Waals surface area (Å²) in [6.07, 6.45) is 1.43. The second-order valence-corrected chi connectivity index (χ2v) is 6.20. The highest BCUT2D eigenvalue weighted by Gasteiger charge is 2.23. The summed E-state index contributed by atoms with van der Waals surface area (Å²) in [6.45, 7) is 1.45. The zero-order valence-electron chi connectivity index (χ0n) is 12.0. The molecule has 0 bridgehead atoms. The SMILES string of the molecule is CN(C)C(CNC(=O)CN1CCCC1=O)c1cccs1. The van der Waals surface area contributed by atoms with Gasteiger partial charge in [0.25, 0.3) is 0 Å². The van der Waals surface area contributed by atoms with Crippen LogP contribution in [0.15, 0.2) is 17.5 Å². The molecule has 2 rings (SSSR count). The lowest BCUT2D eigenvalue weighted by atomic mass is 10.2. The monoisotopic (exact) mass is 295 g/mol. The summed E-state index contributed by atoms with van der Waals surface area (Å²) >= 11 is 1.69. The van der Waals surface area contributed by atoms with Crippen molar-refractivity contribution in [2.45, 2.75) is 18.9 Å². The van der Waals surface area contributed by atoms with E-state index >= 15 is 0 Å². The van der Waals surface area contributed by atoms with E-state index in [1.165, 1.54) is 4.88 Å². The van der Waals surface area contributed by atoms with Crippen LogP contribution >= 0.6 is 11.3 Å². The van der Waals surface area contributed by atoms with Gasteiger partial charge in [-0.05, 0) is 32.0 Å². The molecule has 0 saturated carbocycles. The van der Waals surface area contributed by atoms with E-state index in [1.807, 2.05) is 25.5 Å². The van der Waals surface area contributed by atoms with Crippen LogP contribution in [0.5, 0.6) is 0 Å². The zero-order chi connectivity index (χ0) is 14.5. The molecule has 1 aromatic heterocycles. The third-order valence-corrected chi connectivity index (χ3v) is 4.47. The van der Waals surface area contributed by atoms with Crippen molar-refractivity contribution < 1.29 is 9.59 Å². The first kappa shape index (κ1) is 15.0. The maximum atomic E-state index is 11.9. The van der Waals surface area contributed by atoms with Gasteiger partial charge in [0.15, 0.2) is 0 Å².